The summed E-state index contributed by atoms with van der Waals surface area (Å²) in [6, 6.07) is 9.30. The second-order valence-electron chi connectivity index (χ2n) is 4.76. The van der Waals surface area contributed by atoms with Gasteiger partial charge < -0.3 is 14.2 Å². The lowest BCUT2D eigenvalue weighted by Crippen LogP contribution is -2.34. The van der Waals surface area contributed by atoms with Crippen LogP contribution in [0.1, 0.15) is 17.2 Å². The fraction of sp³-hybridized carbons (Fsp3) is 0.0588. The molecule has 5 nitrogen and oxygen atoms in total. The van der Waals surface area contributed by atoms with Crippen LogP contribution >= 0.6 is 0 Å². The highest BCUT2D eigenvalue weighted by Gasteiger charge is 2.41. The first-order chi connectivity index (χ1) is 10.7. The van der Waals surface area contributed by atoms with Crippen LogP contribution in [0.15, 0.2) is 68.3 Å². The summed E-state index contributed by atoms with van der Waals surface area (Å²) in [4.78, 5) is 8.64. The quantitative estimate of drug-likeness (QED) is 0.786. The zero-order valence-corrected chi connectivity index (χ0v) is 12.0. The van der Waals surface area contributed by atoms with E-state index < -0.39 is 5.60 Å². The first kappa shape index (κ1) is 14.0. The molecule has 0 aliphatic carbocycles. The van der Waals surface area contributed by atoms with Gasteiger partial charge in [0.05, 0.1) is 0 Å². The summed E-state index contributed by atoms with van der Waals surface area (Å²) in [5.74, 6) is 0.839. The second-order valence-corrected chi connectivity index (χ2v) is 4.76. The summed E-state index contributed by atoms with van der Waals surface area (Å²) in [6.45, 7) is 7.52. The molecule has 0 aliphatic rings. The number of benzene rings is 1. The van der Waals surface area contributed by atoms with Gasteiger partial charge in [-0.15, -0.1) is 0 Å². The average Bonchev–Trinajstić information content (AvgIpc) is 3.23. The SMILES string of the molecule is C=Cn1ccnc1C(O)(c1ccccc1)c1nccn1C=C. The molecule has 0 spiro atoms. The van der Waals surface area contributed by atoms with Crippen molar-refractivity contribution in [3.63, 3.8) is 0 Å². The smallest absolute Gasteiger partial charge is 0.206 e. The average molecular weight is 292 g/mol. The summed E-state index contributed by atoms with van der Waals surface area (Å²) in [7, 11) is 0. The highest BCUT2D eigenvalue weighted by Crippen LogP contribution is 2.34. The monoisotopic (exact) mass is 292 g/mol. The van der Waals surface area contributed by atoms with Gasteiger partial charge in [-0.3, -0.25) is 0 Å². The molecule has 1 aromatic carbocycles. The molecule has 0 amide bonds. The van der Waals surface area contributed by atoms with Gasteiger partial charge in [-0.2, -0.15) is 0 Å². The van der Waals surface area contributed by atoms with Gasteiger partial charge in [0.15, 0.2) is 11.6 Å². The lowest BCUT2D eigenvalue weighted by Gasteiger charge is -2.27. The molecule has 0 saturated carbocycles. The van der Waals surface area contributed by atoms with Crippen LogP contribution in [0.2, 0.25) is 0 Å². The van der Waals surface area contributed by atoms with Gasteiger partial charge in [0.1, 0.15) is 0 Å². The van der Waals surface area contributed by atoms with E-state index >= 15 is 0 Å². The molecule has 3 rings (SSSR count). The predicted molar refractivity (Wildman–Crippen MR) is 85.8 cm³/mol. The van der Waals surface area contributed by atoms with Crippen LogP contribution in [-0.4, -0.2) is 24.2 Å². The molecule has 0 fully saturated rings. The molecule has 22 heavy (non-hydrogen) atoms. The van der Waals surface area contributed by atoms with Crippen molar-refractivity contribution in [1.29, 1.82) is 0 Å². The molecule has 0 radical (unpaired) electrons. The Morgan fingerprint density at radius 3 is 1.86 bits per heavy atom. The number of aliphatic hydroxyl groups is 1. The van der Waals surface area contributed by atoms with Crippen molar-refractivity contribution >= 4 is 12.4 Å². The molecule has 0 bridgehead atoms. The molecule has 2 aromatic heterocycles. The van der Waals surface area contributed by atoms with Crippen LogP contribution in [-0.2, 0) is 5.60 Å². The van der Waals surface area contributed by atoms with E-state index in [9.17, 15) is 5.11 Å². The molecule has 3 aromatic rings. The molecular weight excluding hydrogens is 276 g/mol. The van der Waals surface area contributed by atoms with Crippen molar-refractivity contribution in [2.75, 3.05) is 0 Å². The Hall–Kier alpha value is -2.92. The summed E-state index contributed by atoms with van der Waals surface area (Å²) in [5, 5.41) is 11.6. The van der Waals surface area contributed by atoms with E-state index in [1.165, 1.54) is 0 Å². The number of hydrogen-bond acceptors (Lipinski definition) is 3. The normalized spacial score (nSPS) is 11.3. The van der Waals surface area contributed by atoms with Gasteiger partial charge >= 0.3 is 0 Å². The Labute approximate surface area is 128 Å². The lowest BCUT2D eigenvalue weighted by molar-refractivity contribution is 0.103. The minimum Gasteiger partial charge on any atom is -0.371 e. The molecular formula is C17H16N4O. The number of rotatable bonds is 5. The summed E-state index contributed by atoms with van der Waals surface area (Å²) in [6.07, 6.45) is 9.89. The van der Waals surface area contributed by atoms with Gasteiger partial charge in [0.2, 0.25) is 5.60 Å². The van der Waals surface area contributed by atoms with Crippen molar-refractivity contribution < 1.29 is 5.11 Å². The van der Waals surface area contributed by atoms with E-state index in [1.54, 1.807) is 46.3 Å². The van der Waals surface area contributed by atoms with Crippen molar-refractivity contribution in [3.8, 4) is 0 Å². The Kier molecular flexibility index (Phi) is 3.48. The molecule has 0 aliphatic heterocycles. The number of nitrogens with zero attached hydrogens (tertiary/aromatic N) is 4. The number of aromatic nitrogens is 4. The fourth-order valence-electron chi connectivity index (χ4n) is 2.52. The Balaban J connectivity index is 2.32. The van der Waals surface area contributed by atoms with Gasteiger partial charge in [-0.05, 0) is 5.56 Å². The van der Waals surface area contributed by atoms with Crippen molar-refractivity contribution in [2.45, 2.75) is 5.60 Å². The minimum atomic E-state index is -1.52. The minimum absolute atomic E-state index is 0.419. The first-order valence-corrected chi connectivity index (χ1v) is 6.81. The molecule has 1 N–H and O–H groups in total. The highest BCUT2D eigenvalue weighted by molar-refractivity contribution is 5.42. The molecule has 5 heteroatoms. The molecule has 2 heterocycles. The van der Waals surface area contributed by atoms with Crippen LogP contribution in [0.3, 0.4) is 0 Å². The van der Waals surface area contributed by atoms with E-state index in [4.69, 9.17) is 0 Å². The Morgan fingerprint density at radius 1 is 0.909 bits per heavy atom. The highest BCUT2D eigenvalue weighted by atomic mass is 16.3. The van der Waals surface area contributed by atoms with Crippen LogP contribution in [0.4, 0.5) is 0 Å². The maximum Gasteiger partial charge on any atom is 0.206 e. The summed E-state index contributed by atoms with van der Waals surface area (Å²) >= 11 is 0. The topological polar surface area (TPSA) is 55.9 Å². The second kappa shape index (κ2) is 5.46. The van der Waals surface area contributed by atoms with E-state index in [-0.39, 0.29) is 0 Å². The zero-order chi connectivity index (χ0) is 15.6. The fourth-order valence-corrected chi connectivity index (χ4v) is 2.52. The zero-order valence-electron chi connectivity index (χ0n) is 12.0. The van der Waals surface area contributed by atoms with E-state index in [2.05, 4.69) is 23.1 Å². The van der Waals surface area contributed by atoms with Gasteiger partial charge in [-0.1, -0.05) is 43.5 Å². The number of imidazole rings is 2. The van der Waals surface area contributed by atoms with Crippen LogP contribution < -0.4 is 0 Å². The third kappa shape index (κ3) is 1.99. The van der Waals surface area contributed by atoms with Crippen molar-refractivity contribution in [3.05, 3.63) is 85.5 Å². The molecule has 0 saturated heterocycles. The third-order valence-electron chi connectivity index (χ3n) is 3.57. The number of hydrogen-bond donors (Lipinski definition) is 1. The third-order valence-corrected chi connectivity index (χ3v) is 3.57. The molecule has 0 atom stereocenters. The van der Waals surface area contributed by atoms with Gasteiger partial charge in [0.25, 0.3) is 0 Å². The summed E-state index contributed by atoms with van der Waals surface area (Å²) < 4.78 is 3.35. The molecule has 0 unspecified atom stereocenters. The van der Waals surface area contributed by atoms with Gasteiger partial charge in [-0.25, -0.2) is 9.97 Å². The maximum absolute atomic E-state index is 11.6. The largest absolute Gasteiger partial charge is 0.371 e. The van der Waals surface area contributed by atoms with Crippen molar-refractivity contribution in [2.24, 2.45) is 0 Å². The van der Waals surface area contributed by atoms with E-state index in [0.29, 0.717) is 17.2 Å². The first-order valence-electron chi connectivity index (χ1n) is 6.81. The maximum atomic E-state index is 11.6. The van der Waals surface area contributed by atoms with Crippen LogP contribution in [0.25, 0.3) is 12.4 Å². The Morgan fingerprint density at radius 2 is 1.41 bits per heavy atom. The van der Waals surface area contributed by atoms with E-state index in [1.807, 2.05) is 30.3 Å². The molecule has 110 valence electrons. The standard InChI is InChI=1S/C17H16N4O/c1-3-20-12-10-18-15(20)17(22,14-8-6-5-7-9-14)16-19-11-13-21(16)4-2/h3-13,22H,1-2H2. The predicted octanol–water partition coefficient (Wildman–Crippen LogP) is 2.56. The lowest BCUT2D eigenvalue weighted by atomic mass is 9.91. The van der Waals surface area contributed by atoms with E-state index in [0.717, 1.165) is 0 Å². The Bertz CT molecular complexity index is 755. The van der Waals surface area contributed by atoms with Crippen LogP contribution in [0.5, 0.6) is 0 Å². The summed E-state index contributed by atoms with van der Waals surface area (Å²) in [5.41, 5.74) is -0.852. The van der Waals surface area contributed by atoms with Crippen LogP contribution in [0, 0.1) is 0 Å². The van der Waals surface area contributed by atoms with Gasteiger partial charge in [0, 0.05) is 37.2 Å². The van der Waals surface area contributed by atoms with Crippen molar-refractivity contribution in [1.82, 2.24) is 19.1 Å².